The van der Waals surface area contributed by atoms with Gasteiger partial charge in [0, 0.05) is 19.1 Å². The second-order valence-corrected chi connectivity index (χ2v) is 7.01. The third-order valence-electron chi connectivity index (χ3n) is 4.02. The summed E-state index contributed by atoms with van der Waals surface area (Å²) in [6.45, 7) is 11.8. The molecule has 0 saturated heterocycles. The molecule has 0 aliphatic heterocycles. The lowest BCUT2D eigenvalue weighted by Crippen LogP contribution is -2.44. The number of benzene rings is 1. The lowest BCUT2D eigenvalue weighted by molar-refractivity contribution is -0.128. The number of hydrogen-bond acceptors (Lipinski definition) is 2. The minimum absolute atomic E-state index is 0.0340. The fourth-order valence-electron chi connectivity index (χ4n) is 2.40. The van der Waals surface area contributed by atoms with Crippen LogP contribution in [0.15, 0.2) is 35.3 Å². The number of carbonyl (C=O) groups excluding carboxylic acids is 1. The van der Waals surface area contributed by atoms with E-state index in [1.54, 1.807) is 0 Å². The summed E-state index contributed by atoms with van der Waals surface area (Å²) >= 11 is 0. The summed E-state index contributed by atoms with van der Waals surface area (Å²) < 4.78 is 0. The average molecular weight is 347 g/mol. The molecule has 0 bridgehead atoms. The number of rotatable bonds is 9. The monoisotopic (exact) mass is 346 g/mol. The second-order valence-electron chi connectivity index (χ2n) is 7.01. The predicted octanol–water partition coefficient (Wildman–Crippen LogP) is 2.73. The molecule has 5 heteroatoms. The maximum absolute atomic E-state index is 12.1. The van der Waals surface area contributed by atoms with Gasteiger partial charge in [0.05, 0.1) is 12.0 Å². The predicted molar refractivity (Wildman–Crippen MR) is 106 cm³/mol. The zero-order chi connectivity index (χ0) is 18.7. The van der Waals surface area contributed by atoms with Crippen LogP contribution in [0.25, 0.3) is 0 Å². The van der Waals surface area contributed by atoms with Crippen molar-refractivity contribution in [2.24, 2.45) is 10.4 Å². The highest BCUT2D eigenvalue weighted by atomic mass is 16.2. The first kappa shape index (κ1) is 21.0. The van der Waals surface area contributed by atoms with Gasteiger partial charge in [-0.15, -0.1) is 0 Å². The zero-order valence-electron chi connectivity index (χ0n) is 16.4. The van der Waals surface area contributed by atoms with Crippen molar-refractivity contribution in [3.63, 3.8) is 0 Å². The summed E-state index contributed by atoms with van der Waals surface area (Å²) in [4.78, 5) is 16.7. The molecule has 1 atom stereocenters. The van der Waals surface area contributed by atoms with E-state index in [-0.39, 0.29) is 5.91 Å². The van der Waals surface area contributed by atoms with Gasteiger partial charge in [0.1, 0.15) is 0 Å². The van der Waals surface area contributed by atoms with Gasteiger partial charge in [-0.1, -0.05) is 30.3 Å². The van der Waals surface area contributed by atoms with E-state index in [4.69, 9.17) is 0 Å². The summed E-state index contributed by atoms with van der Waals surface area (Å²) in [5.41, 5.74) is 0.821. The van der Waals surface area contributed by atoms with Crippen LogP contribution < -0.4 is 16.0 Å². The first-order valence-electron chi connectivity index (χ1n) is 9.26. The lowest BCUT2D eigenvalue weighted by atomic mass is 9.92. The highest BCUT2D eigenvalue weighted by Crippen LogP contribution is 2.15. The Balaban J connectivity index is 2.58. The van der Waals surface area contributed by atoms with Crippen LogP contribution in [-0.2, 0) is 11.2 Å². The average Bonchev–Trinajstić information content (AvgIpc) is 2.59. The van der Waals surface area contributed by atoms with Crippen LogP contribution in [0.2, 0.25) is 0 Å². The minimum Gasteiger partial charge on any atom is -0.357 e. The Kier molecular flexibility index (Phi) is 9.03. The van der Waals surface area contributed by atoms with Crippen LogP contribution in [0.3, 0.4) is 0 Å². The number of amides is 1. The highest BCUT2D eigenvalue weighted by Gasteiger charge is 2.26. The molecule has 0 heterocycles. The molecule has 1 amide bonds. The molecule has 0 saturated carbocycles. The standard InChI is InChI=1S/C20H34N4O/c1-6-21-18(25)20(4,5)15-23-19(22-7-2)24-16(3)13-14-17-11-9-8-10-12-17/h8-12,16H,6-7,13-15H2,1-5H3,(H,21,25)(H2,22,23,24). The molecule has 1 aromatic rings. The van der Waals surface area contributed by atoms with Gasteiger partial charge in [-0.05, 0) is 53.0 Å². The van der Waals surface area contributed by atoms with E-state index in [0.29, 0.717) is 19.1 Å². The molecule has 1 rings (SSSR count). The van der Waals surface area contributed by atoms with E-state index in [9.17, 15) is 4.79 Å². The maximum Gasteiger partial charge on any atom is 0.227 e. The number of aliphatic imine (C=N–C) groups is 1. The Morgan fingerprint density at radius 1 is 1.12 bits per heavy atom. The second kappa shape index (κ2) is 10.7. The largest absolute Gasteiger partial charge is 0.357 e. The molecule has 140 valence electrons. The summed E-state index contributed by atoms with van der Waals surface area (Å²) in [6, 6.07) is 10.8. The first-order valence-corrected chi connectivity index (χ1v) is 9.26. The molecule has 0 fully saturated rings. The molecule has 0 radical (unpaired) electrons. The van der Waals surface area contributed by atoms with Crippen molar-refractivity contribution in [1.82, 2.24) is 16.0 Å². The number of hydrogen-bond donors (Lipinski definition) is 3. The van der Waals surface area contributed by atoms with Crippen LogP contribution in [-0.4, -0.2) is 37.5 Å². The first-order chi connectivity index (χ1) is 11.9. The molecule has 5 nitrogen and oxygen atoms in total. The topological polar surface area (TPSA) is 65.5 Å². The van der Waals surface area contributed by atoms with Gasteiger partial charge in [0.25, 0.3) is 0 Å². The van der Waals surface area contributed by atoms with Crippen molar-refractivity contribution in [3.05, 3.63) is 35.9 Å². The number of carbonyl (C=O) groups is 1. The normalized spacial score (nSPS) is 13.2. The van der Waals surface area contributed by atoms with Crippen molar-refractivity contribution in [3.8, 4) is 0 Å². The Morgan fingerprint density at radius 3 is 2.36 bits per heavy atom. The fourth-order valence-corrected chi connectivity index (χ4v) is 2.40. The molecule has 0 spiro atoms. The van der Waals surface area contributed by atoms with Crippen molar-refractivity contribution < 1.29 is 4.79 Å². The Hall–Kier alpha value is -2.04. The van der Waals surface area contributed by atoms with Crippen LogP contribution >= 0.6 is 0 Å². The van der Waals surface area contributed by atoms with Crippen molar-refractivity contribution >= 4 is 11.9 Å². The van der Waals surface area contributed by atoms with Crippen LogP contribution in [0, 0.1) is 5.41 Å². The molecule has 3 N–H and O–H groups in total. The van der Waals surface area contributed by atoms with Crippen molar-refractivity contribution in [2.45, 2.75) is 53.5 Å². The number of guanidine groups is 1. The molecule has 0 aliphatic carbocycles. The van der Waals surface area contributed by atoms with E-state index >= 15 is 0 Å². The van der Waals surface area contributed by atoms with E-state index < -0.39 is 5.41 Å². The molecular weight excluding hydrogens is 312 g/mol. The number of nitrogens with one attached hydrogen (secondary N) is 3. The zero-order valence-corrected chi connectivity index (χ0v) is 16.4. The van der Waals surface area contributed by atoms with Gasteiger partial charge in [-0.3, -0.25) is 9.79 Å². The Bertz CT molecular complexity index is 540. The SMILES string of the molecule is CCNC(=O)C(C)(C)CN=C(NCC)NC(C)CCc1ccccc1. The Morgan fingerprint density at radius 2 is 1.76 bits per heavy atom. The molecular formula is C20H34N4O. The lowest BCUT2D eigenvalue weighted by Gasteiger charge is -2.23. The van der Waals surface area contributed by atoms with Gasteiger partial charge >= 0.3 is 0 Å². The molecule has 0 aromatic heterocycles. The molecule has 25 heavy (non-hydrogen) atoms. The van der Waals surface area contributed by atoms with E-state index in [0.717, 1.165) is 25.3 Å². The number of aryl methyl sites for hydroxylation is 1. The van der Waals surface area contributed by atoms with Crippen molar-refractivity contribution in [2.75, 3.05) is 19.6 Å². The molecule has 1 unspecified atom stereocenters. The smallest absolute Gasteiger partial charge is 0.227 e. The summed E-state index contributed by atoms with van der Waals surface area (Å²) in [7, 11) is 0. The summed E-state index contributed by atoms with van der Waals surface area (Å²) in [6.07, 6.45) is 2.05. The van der Waals surface area contributed by atoms with Crippen LogP contribution in [0.5, 0.6) is 0 Å². The van der Waals surface area contributed by atoms with Gasteiger partial charge in [-0.25, -0.2) is 0 Å². The third kappa shape index (κ3) is 8.05. The van der Waals surface area contributed by atoms with E-state index in [1.165, 1.54) is 5.56 Å². The van der Waals surface area contributed by atoms with Gasteiger partial charge in [-0.2, -0.15) is 0 Å². The molecule has 1 aromatic carbocycles. The van der Waals surface area contributed by atoms with Crippen LogP contribution in [0.4, 0.5) is 0 Å². The number of nitrogens with zero attached hydrogens (tertiary/aromatic N) is 1. The van der Waals surface area contributed by atoms with Crippen molar-refractivity contribution in [1.29, 1.82) is 0 Å². The highest BCUT2D eigenvalue weighted by molar-refractivity contribution is 5.83. The summed E-state index contributed by atoms with van der Waals surface area (Å²) in [5, 5.41) is 9.57. The maximum atomic E-state index is 12.1. The minimum atomic E-state index is -0.522. The van der Waals surface area contributed by atoms with Gasteiger partial charge in [0.2, 0.25) is 5.91 Å². The van der Waals surface area contributed by atoms with E-state index in [2.05, 4.69) is 52.1 Å². The molecule has 0 aliphatic rings. The quantitative estimate of drug-likeness (QED) is 0.476. The van der Waals surface area contributed by atoms with E-state index in [1.807, 2.05) is 33.8 Å². The Labute approximate surface area is 152 Å². The van der Waals surface area contributed by atoms with Gasteiger partial charge in [0.15, 0.2) is 5.96 Å². The fraction of sp³-hybridized carbons (Fsp3) is 0.600. The van der Waals surface area contributed by atoms with Crippen LogP contribution in [0.1, 0.15) is 46.6 Å². The third-order valence-corrected chi connectivity index (χ3v) is 4.02. The van der Waals surface area contributed by atoms with Gasteiger partial charge < -0.3 is 16.0 Å². The summed E-state index contributed by atoms with van der Waals surface area (Å²) in [5.74, 6) is 0.798.